The van der Waals surface area contributed by atoms with Crippen LogP contribution in [0.5, 0.6) is 0 Å². The zero-order valence-corrected chi connectivity index (χ0v) is 53.6. The van der Waals surface area contributed by atoms with Crippen molar-refractivity contribution in [1.82, 2.24) is 0 Å². The van der Waals surface area contributed by atoms with Crippen molar-refractivity contribution in [2.24, 2.45) is 0 Å². The van der Waals surface area contributed by atoms with Gasteiger partial charge in [0.25, 0.3) is 0 Å². The number of allylic oxidation sites excluding steroid dienone is 10. The van der Waals surface area contributed by atoms with Gasteiger partial charge in [-0.3, -0.25) is 14.4 Å². The first-order valence-electron chi connectivity index (χ1n) is 35.3. The maximum Gasteiger partial charge on any atom is 0.306 e. The Balaban J connectivity index is 4.13. The second-order valence-corrected chi connectivity index (χ2v) is 23.8. The number of ether oxygens (including phenoxy) is 3. The van der Waals surface area contributed by atoms with E-state index >= 15 is 0 Å². The molecule has 0 radical (unpaired) electrons. The van der Waals surface area contributed by atoms with Gasteiger partial charge in [-0.05, 0) is 109 Å². The van der Waals surface area contributed by atoms with Gasteiger partial charge >= 0.3 is 17.9 Å². The molecule has 0 rings (SSSR count). The van der Waals surface area contributed by atoms with Crippen molar-refractivity contribution < 1.29 is 28.6 Å². The Labute approximate surface area is 498 Å². The second kappa shape index (κ2) is 68.6. The fourth-order valence-corrected chi connectivity index (χ4v) is 10.4. The minimum absolute atomic E-state index is 0.0788. The molecule has 0 aliphatic rings. The molecule has 0 amide bonds. The molecule has 0 bridgehead atoms. The van der Waals surface area contributed by atoms with E-state index in [1.165, 1.54) is 238 Å². The van der Waals surface area contributed by atoms with Gasteiger partial charge in [-0.1, -0.05) is 306 Å². The fraction of sp³-hybridized carbons (Fsp3) is 0.824. The monoisotopic (exact) mass is 1120 g/mol. The van der Waals surface area contributed by atoms with Crippen LogP contribution in [0.15, 0.2) is 60.8 Å². The summed E-state index contributed by atoms with van der Waals surface area (Å²) in [6.07, 6.45) is 88.3. The van der Waals surface area contributed by atoms with Gasteiger partial charge in [0.05, 0.1) is 0 Å². The minimum Gasteiger partial charge on any atom is -0.462 e. The summed E-state index contributed by atoms with van der Waals surface area (Å²) in [5.41, 5.74) is 0. The van der Waals surface area contributed by atoms with Crippen LogP contribution in [0.2, 0.25) is 0 Å². The number of hydrogen-bond acceptors (Lipinski definition) is 6. The molecule has 0 saturated heterocycles. The first-order valence-corrected chi connectivity index (χ1v) is 35.3. The summed E-state index contributed by atoms with van der Waals surface area (Å²) < 4.78 is 16.9. The summed E-state index contributed by atoms with van der Waals surface area (Å²) in [6.45, 7) is 6.63. The number of hydrogen-bond donors (Lipinski definition) is 0. The highest BCUT2D eigenvalue weighted by molar-refractivity contribution is 5.71. The van der Waals surface area contributed by atoms with Crippen LogP contribution in [0.3, 0.4) is 0 Å². The van der Waals surface area contributed by atoms with E-state index in [0.717, 1.165) is 96.3 Å². The summed E-state index contributed by atoms with van der Waals surface area (Å²) in [5, 5.41) is 0. The minimum atomic E-state index is -0.784. The van der Waals surface area contributed by atoms with E-state index in [1.54, 1.807) is 0 Å². The summed E-state index contributed by atoms with van der Waals surface area (Å²) >= 11 is 0. The molecule has 0 aliphatic carbocycles. The number of rotatable bonds is 65. The lowest BCUT2D eigenvalue weighted by atomic mass is 10.0. The van der Waals surface area contributed by atoms with Crippen molar-refractivity contribution in [3.8, 4) is 0 Å². The van der Waals surface area contributed by atoms with Gasteiger partial charge in [0, 0.05) is 19.3 Å². The molecule has 6 heteroatoms. The number of unbranched alkanes of at least 4 members (excludes halogenated alkanes) is 44. The molecule has 0 aromatic heterocycles. The summed E-state index contributed by atoms with van der Waals surface area (Å²) in [4.78, 5) is 38.3. The lowest BCUT2D eigenvalue weighted by molar-refractivity contribution is -0.167. The van der Waals surface area contributed by atoms with Gasteiger partial charge in [-0.2, -0.15) is 0 Å². The van der Waals surface area contributed by atoms with E-state index in [1.807, 2.05) is 0 Å². The molecule has 6 nitrogen and oxygen atoms in total. The van der Waals surface area contributed by atoms with Crippen LogP contribution < -0.4 is 0 Å². The highest BCUT2D eigenvalue weighted by Gasteiger charge is 2.19. The van der Waals surface area contributed by atoms with Gasteiger partial charge in [-0.15, -0.1) is 0 Å². The van der Waals surface area contributed by atoms with Crippen molar-refractivity contribution in [2.45, 2.75) is 380 Å². The van der Waals surface area contributed by atoms with Gasteiger partial charge in [-0.25, -0.2) is 0 Å². The van der Waals surface area contributed by atoms with E-state index in [0.29, 0.717) is 19.3 Å². The van der Waals surface area contributed by atoms with Crippen molar-refractivity contribution in [2.75, 3.05) is 13.2 Å². The first kappa shape index (κ1) is 77.1. The lowest BCUT2D eigenvalue weighted by Crippen LogP contribution is -2.30. The standard InChI is InChI=1S/C74H134O6/c1-4-7-10-13-16-19-22-25-27-29-30-31-32-33-34-35-36-37-38-39-40-41-42-43-44-45-47-49-52-55-58-61-64-67-73(76)79-70-71(69-78-72(75)66-63-60-57-54-51-48-24-21-18-15-12-9-6-3)80-74(77)68-65-62-59-56-53-50-46-28-26-23-20-17-14-11-8-5-2/h20-25,28-30,46,71H,4-19,26-27,31-45,47-70H2,1-3H3/b23-20-,24-21-,25-22-,30-29-,46-28-. The third-order valence-electron chi connectivity index (χ3n) is 15.7. The molecule has 0 aromatic carbocycles. The van der Waals surface area contributed by atoms with E-state index in [-0.39, 0.29) is 31.1 Å². The topological polar surface area (TPSA) is 78.9 Å². The second-order valence-electron chi connectivity index (χ2n) is 23.8. The van der Waals surface area contributed by atoms with E-state index in [4.69, 9.17) is 14.2 Å². The Kier molecular flexibility index (Phi) is 66.1. The van der Waals surface area contributed by atoms with Crippen LogP contribution >= 0.6 is 0 Å². The molecule has 80 heavy (non-hydrogen) atoms. The largest absolute Gasteiger partial charge is 0.462 e. The Morgan fingerprint density at radius 1 is 0.250 bits per heavy atom. The average molecular weight is 1120 g/mol. The Bertz CT molecular complexity index is 1430. The van der Waals surface area contributed by atoms with E-state index in [9.17, 15) is 14.4 Å². The first-order chi connectivity index (χ1) is 39.5. The zero-order chi connectivity index (χ0) is 57.8. The molecule has 1 unspecified atom stereocenters. The van der Waals surface area contributed by atoms with Crippen molar-refractivity contribution in [3.63, 3.8) is 0 Å². The van der Waals surface area contributed by atoms with Gasteiger partial charge in [0.2, 0.25) is 0 Å². The molecule has 1 atom stereocenters. The molecule has 466 valence electrons. The van der Waals surface area contributed by atoms with Crippen LogP contribution in [0.1, 0.15) is 374 Å². The smallest absolute Gasteiger partial charge is 0.306 e. The summed E-state index contributed by atoms with van der Waals surface area (Å²) in [7, 11) is 0. The van der Waals surface area contributed by atoms with Crippen LogP contribution in [-0.4, -0.2) is 37.2 Å². The number of carbonyl (C=O) groups excluding carboxylic acids is 3. The molecule has 0 aromatic rings. The van der Waals surface area contributed by atoms with Gasteiger partial charge in [0.1, 0.15) is 13.2 Å². The summed E-state index contributed by atoms with van der Waals surface area (Å²) in [6, 6.07) is 0. The Morgan fingerprint density at radius 3 is 0.713 bits per heavy atom. The maximum absolute atomic E-state index is 12.9. The summed E-state index contributed by atoms with van der Waals surface area (Å²) in [5.74, 6) is -0.882. The molecule has 0 fully saturated rings. The van der Waals surface area contributed by atoms with Crippen LogP contribution in [0, 0.1) is 0 Å². The van der Waals surface area contributed by atoms with Crippen LogP contribution in [-0.2, 0) is 28.6 Å². The van der Waals surface area contributed by atoms with Crippen molar-refractivity contribution >= 4 is 17.9 Å². The number of carbonyl (C=O) groups is 3. The Hall–Kier alpha value is -2.89. The van der Waals surface area contributed by atoms with Crippen molar-refractivity contribution in [1.29, 1.82) is 0 Å². The average Bonchev–Trinajstić information content (AvgIpc) is 3.46. The molecular formula is C74H134O6. The highest BCUT2D eigenvalue weighted by Crippen LogP contribution is 2.18. The van der Waals surface area contributed by atoms with Gasteiger partial charge < -0.3 is 14.2 Å². The number of esters is 3. The van der Waals surface area contributed by atoms with E-state index < -0.39 is 6.10 Å². The van der Waals surface area contributed by atoms with Crippen LogP contribution in [0.25, 0.3) is 0 Å². The molecular weight excluding hydrogens is 985 g/mol. The normalized spacial score (nSPS) is 12.4. The molecule has 0 N–H and O–H groups in total. The predicted octanol–water partition coefficient (Wildman–Crippen LogP) is 24.3. The third kappa shape index (κ3) is 65.9. The highest BCUT2D eigenvalue weighted by atomic mass is 16.6. The van der Waals surface area contributed by atoms with Gasteiger partial charge in [0.15, 0.2) is 6.10 Å². The SMILES string of the molecule is CCCCCC/C=C\C/C=C\CCCCCCCC(=O)OC(COC(=O)CCCCCCC/C=C\CCCCCC)COC(=O)CCCCCCCCCCCCCCCCCCCCCCC/C=C\C/C=C\CCCCCCC. The molecule has 0 spiro atoms. The molecule has 0 saturated carbocycles. The lowest BCUT2D eigenvalue weighted by Gasteiger charge is -2.18. The third-order valence-corrected chi connectivity index (χ3v) is 15.7. The predicted molar refractivity (Wildman–Crippen MR) is 348 cm³/mol. The Morgan fingerprint density at radius 2 is 0.450 bits per heavy atom. The van der Waals surface area contributed by atoms with E-state index in [2.05, 4.69) is 81.5 Å². The maximum atomic E-state index is 12.9. The molecule has 0 heterocycles. The van der Waals surface area contributed by atoms with Crippen molar-refractivity contribution in [3.05, 3.63) is 60.8 Å². The fourth-order valence-electron chi connectivity index (χ4n) is 10.4. The van der Waals surface area contributed by atoms with Crippen LogP contribution in [0.4, 0.5) is 0 Å². The zero-order valence-electron chi connectivity index (χ0n) is 53.6. The quantitative estimate of drug-likeness (QED) is 0.0261. The molecule has 0 aliphatic heterocycles.